The van der Waals surface area contributed by atoms with Crippen LogP contribution >= 0.6 is 27.3 Å². The predicted octanol–water partition coefficient (Wildman–Crippen LogP) is 4.09. The highest BCUT2D eigenvalue weighted by Gasteiger charge is 2.37. The quantitative estimate of drug-likeness (QED) is 0.523. The number of halogens is 1. The van der Waals surface area contributed by atoms with E-state index >= 15 is 0 Å². The van der Waals surface area contributed by atoms with Crippen molar-refractivity contribution < 1.29 is 9.59 Å². The third kappa shape index (κ3) is 4.45. The van der Waals surface area contributed by atoms with Gasteiger partial charge in [0.2, 0.25) is 0 Å². The third-order valence-corrected chi connectivity index (χ3v) is 7.70. The van der Waals surface area contributed by atoms with Gasteiger partial charge in [-0.2, -0.15) is 0 Å². The monoisotopic (exact) mass is 523 g/mol. The number of hydrogen-bond acceptors (Lipinski definition) is 4. The van der Waals surface area contributed by atoms with Crippen molar-refractivity contribution in [2.24, 2.45) is 5.92 Å². The Hall–Kier alpha value is -2.97. The summed E-state index contributed by atoms with van der Waals surface area (Å²) in [6, 6.07) is 16.3. The van der Waals surface area contributed by atoms with Gasteiger partial charge in [0.1, 0.15) is 5.70 Å². The molecule has 0 saturated carbocycles. The van der Waals surface area contributed by atoms with E-state index in [2.05, 4.69) is 21.2 Å². The summed E-state index contributed by atoms with van der Waals surface area (Å²) >= 11 is 4.92. The van der Waals surface area contributed by atoms with Gasteiger partial charge in [-0.1, -0.05) is 24.3 Å². The number of carbonyl (C=O) groups is 2. The number of rotatable bonds is 4. The van der Waals surface area contributed by atoms with Crippen LogP contribution in [-0.2, 0) is 11.3 Å². The number of fused-ring (bicyclic) bond motifs is 4. The van der Waals surface area contributed by atoms with Crippen LogP contribution in [0.3, 0.4) is 0 Å². The van der Waals surface area contributed by atoms with Gasteiger partial charge in [0.15, 0.2) is 0 Å². The maximum atomic E-state index is 13.7. The topological polar surface area (TPSA) is 71.4 Å². The standard InChI is InChI=1S/C25H22BrN3O3S/c26-20-7-2-1-6-19(20)24(31)27-21(12-18-5-4-10-33-18)25(32)28-13-16-11-17(15-28)22-8-3-9-23(30)29(22)14-16/h1-10,12,16-17H,11,13-15H2,(H,27,31). The second kappa shape index (κ2) is 9.11. The van der Waals surface area contributed by atoms with Crippen molar-refractivity contribution in [2.75, 3.05) is 13.1 Å². The number of nitrogens with one attached hydrogen (secondary N) is 1. The van der Waals surface area contributed by atoms with Crippen LogP contribution in [0.2, 0.25) is 0 Å². The van der Waals surface area contributed by atoms with E-state index in [4.69, 9.17) is 0 Å². The van der Waals surface area contributed by atoms with E-state index in [0.29, 0.717) is 29.7 Å². The van der Waals surface area contributed by atoms with Crippen molar-refractivity contribution in [1.29, 1.82) is 0 Å². The minimum Gasteiger partial charge on any atom is -0.336 e. The van der Waals surface area contributed by atoms with Gasteiger partial charge in [-0.3, -0.25) is 14.4 Å². The summed E-state index contributed by atoms with van der Waals surface area (Å²) in [7, 11) is 0. The van der Waals surface area contributed by atoms with Crippen LogP contribution in [0.25, 0.3) is 6.08 Å². The molecule has 8 heteroatoms. The van der Waals surface area contributed by atoms with Crippen molar-refractivity contribution >= 4 is 45.2 Å². The summed E-state index contributed by atoms with van der Waals surface area (Å²) in [6.07, 6.45) is 2.70. The van der Waals surface area contributed by atoms with Crippen LogP contribution in [0.1, 0.15) is 33.3 Å². The van der Waals surface area contributed by atoms with Gasteiger partial charge in [0, 0.05) is 46.7 Å². The molecular formula is C25H22BrN3O3S. The first-order valence-corrected chi connectivity index (χ1v) is 12.5. The van der Waals surface area contributed by atoms with Crippen molar-refractivity contribution in [3.05, 3.63) is 96.6 Å². The summed E-state index contributed by atoms with van der Waals surface area (Å²) in [5, 5.41) is 4.79. The molecule has 4 heterocycles. The molecule has 1 saturated heterocycles. The fraction of sp³-hybridized carbons (Fsp3) is 0.240. The number of nitrogens with zero attached hydrogens (tertiary/aromatic N) is 2. The Morgan fingerprint density at radius 3 is 2.67 bits per heavy atom. The summed E-state index contributed by atoms with van der Waals surface area (Å²) in [6.45, 7) is 1.69. The van der Waals surface area contributed by atoms with Crippen LogP contribution < -0.4 is 10.9 Å². The van der Waals surface area contributed by atoms with Gasteiger partial charge >= 0.3 is 0 Å². The molecule has 1 aromatic carbocycles. The molecule has 0 aliphatic carbocycles. The highest BCUT2D eigenvalue weighted by atomic mass is 79.9. The number of carbonyl (C=O) groups excluding carboxylic acids is 2. The molecule has 2 aliphatic heterocycles. The third-order valence-electron chi connectivity index (χ3n) is 6.19. The Balaban J connectivity index is 1.43. The Morgan fingerprint density at radius 2 is 1.88 bits per heavy atom. The number of aromatic nitrogens is 1. The van der Waals surface area contributed by atoms with E-state index < -0.39 is 0 Å². The first kappa shape index (κ1) is 21.9. The smallest absolute Gasteiger partial charge is 0.270 e. The fourth-order valence-corrected chi connectivity index (χ4v) is 5.86. The van der Waals surface area contributed by atoms with Crippen molar-refractivity contribution in [3.8, 4) is 0 Å². The molecule has 0 spiro atoms. The molecule has 2 aliphatic rings. The molecule has 2 amide bonds. The van der Waals surface area contributed by atoms with Gasteiger partial charge in [0.05, 0.1) is 5.56 Å². The minimum atomic E-state index is -0.340. The number of likely N-dealkylation sites (tertiary alicyclic amines) is 1. The van der Waals surface area contributed by atoms with E-state index in [0.717, 1.165) is 17.0 Å². The zero-order valence-corrected chi connectivity index (χ0v) is 20.1. The van der Waals surface area contributed by atoms with Crippen LogP contribution in [0, 0.1) is 5.92 Å². The zero-order valence-electron chi connectivity index (χ0n) is 17.7. The van der Waals surface area contributed by atoms with Gasteiger partial charge < -0.3 is 14.8 Å². The van der Waals surface area contributed by atoms with Gasteiger partial charge in [0.25, 0.3) is 17.4 Å². The maximum Gasteiger partial charge on any atom is 0.270 e. The van der Waals surface area contributed by atoms with Crippen molar-refractivity contribution in [3.63, 3.8) is 0 Å². The first-order chi connectivity index (χ1) is 16.0. The molecule has 1 fully saturated rings. The van der Waals surface area contributed by atoms with E-state index in [1.54, 1.807) is 36.4 Å². The summed E-state index contributed by atoms with van der Waals surface area (Å²) in [4.78, 5) is 41.7. The largest absolute Gasteiger partial charge is 0.336 e. The molecule has 1 N–H and O–H groups in total. The average Bonchev–Trinajstić information content (AvgIpc) is 3.32. The Labute approximate surface area is 203 Å². The van der Waals surface area contributed by atoms with Crippen LogP contribution in [-0.4, -0.2) is 34.4 Å². The number of pyridine rings is 1. The van der Waals surface area contributed by atoms with Gasteiger partial charge in [-0.15, -0.1) is 11.3 Å². The molecule has 2 bridgehead atoms. The lowest BCUT2D eigenvalue weighted by molar-refractivity contribution is -0.130. The lowest BCUT2D eigenvalue weighted by atomic mass is 9.83. The van der Waals surface area contributed by atoms with Crippen LogP contribution in [0.5, 0.6) is 0 Å². The Morgan fingerprint density at radius 1 is 1.03 bits per heavy atom. The average molecular weight is 524 g/mol. The zero-order chi connectivity index (χ0) is 22.9. The number of thiophene rings is 1. The molecule has 2 aromatic heterocycles. The minimum absolute atomic E-state index is 0.0148. The molecule has 3 aromatic rings. The van der Waals surface area contributed by atoms with E-state index in [9.17, 15) is 14.4 Å². The molecule has 0 radical (unpaired) electrons. The van der Waals surface area contributed by atoms with E-state index in [1.807, 2.05) is 39.1 Å². The Kier molecular flexibility index (Phi) is 6.03. The molecule has 2 unspecified atom stereocenters. The number of amides is 2. The normalized spacial score (nSPS) is 19.7. The number of piperidine rings is 1. The second-order valence-corrected chi connectivity index (χ2v) is 10.2. The second-order valence-electron chi connectivity index (χ2n) is 8.42. The highest BCUT2D eigenvalue weighted by Crippen LogP contribution is 2.35. The number of benzene rings is 1. The lowest BCUT2D eigenvalue weighted by Gasteiger charge is -2.43. The maximum absolute atomic E-state index is 13.7. The SMILES string of the molecule is O=C(NC(=Cc1cccs1)C(=O)N1CC2CC(C1)c1cccc(=O)n1C2)c1ccccc1Br. The highest BCUT2D eigenvalue weighted by molar-refractivity contribution is 9.10. The van der Waals surface area contributed by atoms with Crippen molar-refractivity contribution in [2.45, 2.75) is 18.9 Å². The molecular weight excluding hydrogens is 502 g/mol. The fourth-order valence-electron chi connectivity index (χ4n) is 4.73. The van der Waals surface area contributed by atoms with E-state index in [-0.39, 0.29) is 34.9 Å². The van der Waals surface area contributed by atoms with Gasteiger partial charge in [-0.05, 0) is 64.0 Å². The summed E-state index contributed by atoms with van der Waals surface area (Å²) < 4.78 is 2.51. The molecule has 5 rings (SSSR count). The summed E-state index contributed by atoms with van der Waals surface area (Å²) in [5.41, 5.74) is 1.72. The molecule has 6 nitrogen and oxygen atoms in total. The predicted molar refractivity (Wildman–Crippen MR) is 132 cm³/mol. The van der Waals surface area contributed by atoms with E-state index in [1.165, 1.54) is 11.3 Å². The van der Waals surface area contributed by atoms with Crippen molar-refractivity contribution in [1.82, 2.24) is 14.8 Å². The summed E-state index contributed by atoms with van der Waals surface area (Å²) in [5.74, 6) is -0.225. The molecule has 2 atom stereocenters. The first-order valence-electron chi connectivity index (χ1n) is 10.8. The number of hydrogen-bond donors (Lipinski definition) is 1. The molecule has 168 valence electrons. The lowest BCUT2D eigenvalue weighted by Crippen LogP contribution is -2.50. The van der Waals surface area contributed by atoms with Crippen LogP contribution in [0.15, 0.2) is 74.9 Å². The van der Waals surface area contributed by atoms with Gasteiger partial charge in [-0.25, -0.2) is 0 Å². The Bertz CT molecular complexity index is 1300. The van der Waals surface area contributed by atoms with Crippen LogP contribution in [0.4, 0.5) is 0 Å². The molecule has 33 heavy (non-hydrogen) atoms.